The molecule has 32 heavy (non-hydrogen) atoms. The minimum absolute atomic E-state index is 1.19. The Morgan fingerprint density at radius 1 is 0.656 bits per heavy atom. The summed E-state index contributed by atoms with van der Waals surface area (Å²) in [7, 11) is 0. The minimum Gasteiger partial charge on any atom is -0.141 e. The normalized spacial score (nSPS) is 11.9. The van der Waals surface area contributed by atoms with E-state index in [2.05, 4.69) is 82.9 Å². The molecular formula is C28H35BrS3. The zero-order valence-corrected chi connectivity index (χ0v) is 23.2. The summed E-state index contributed by atoms with van der Waals surface area (Å²) in [6.45, 7) is 2.29. The first-order valence-corrected chi connectivity index (χ1v) is 15.3. The number of halogens is 1. The molecule has 3 aromatic rings. The molecule has 0 radical (unpaired) electrons. The maximum absolute atomic E-state index is 3.60. The number of aryl methyl sites for hydroxylation is 1. The molecule has 0 spiro atoms. The molecule has 0 nitrogen and oxygen atoms in total. The number of unbranched alkanes of at least 4 members (excludes halogenated alkanes) is 9. The first kappa shape index (κ1) is 25.7. The van der Waals surface area contributed by atoms with Gasteiger partial charge in [-0.15, -0.1) is 34.0 Å². The molecule has 0 aliphatic rings. The van der Waals surface area contributed by atoms with Crippen LogP contribution in [0.25, 0.3) is 24.3 Å². The van der Waals surface area contributed by atoms with Crippen molar-refractivity contribution >= 4 is 74.2 Å². The zero-order chi connectivity index (χ0) is 22.4. The maximum atomic E-state index is 3.60. The van der Waals surface area contributed by atoms with Gasteiger partial charge in [0, 0.05) is 19.5 Å². The van der Waals surface area contributed by atoms with Crippen molar-refractivity contribution in [2.24, 2.45) is 0 Å². The van der Waals surface area contributed by atoms with Crippen LogP contribution in [-0.2, 0) is 6.42 Å². The van der Waals surface area contributed by atoms with Crippen molar-refractivity contribution in [3.63, 3.8) is 0 Å². The van der Waals surface area contributed by atoms with Gasteiger partial charge in [-0.1, -0.05) is 70.8 Å². The molecule has 3 heterocycles. The van der Waals surface area contributed by atoms with Crippen molar-refractivity contribution in [1.29, 1.82) is 0 Å². The average molecular weight is 548 g/mol. The summed E-state index contributed by atoms with van der Waals surface area (Å²) in [5.41, 5.74) is 1.24. The van der Waals surface area contributed by atoms with Gasteiger partial charge in [0.15, 0.2) is 0 Å². The van der Waals surface area contributed by atoms with Crippen LogP contribution in [0.3, 0.4) is 0 Å². The standard InChI is InChI=1S/C28H35BrS3/c1-2-3-4-5-6-7-8-9-10-11-12-24-15-16-26(31-24)19-20-27-18-17-25(32-27)14-13-23-21-22-30-28(23)29/h13-22H,2-12H2,1H3. The van der Waals surface area contributed by atoms with Crippen molar-refractivity contribution in [2.75, 3.05) is 0 Å². The van der Waals surface area contributed by atoms with E-state index in [0.717, 1.165) is 0 Å². The second kappa shape index (κ2) is 15.1. The van der Waals surface area contributed by atoms with E-state index in [4.69, 9.17) is 0 Å². The average Bonchev–Trinajstić information content (AvgIpc) is 3.53. The predicted octanol–water partition coefficient (Wildman–Crippen LogP) is 11.4. The molecule has 4 heteroatoms. The van der Waals surface area contributed by atoms with Gasteiger partial charge < -0.3 is 0 Å². The van der Waals surface area contributed by atoms with Crippen molar-refractivity contribution < 1.29 is 0 Å². The second-order valence-corrected chi connectivity index (χ2v) is 12.9. The van der Waals surface area contributed by atoms with Crippen molar-refractivity contribution in [3.8, 4) is 0 Å². The van der Waals surface area contributed by atoms with Crippen LogP contribution >= 0.6 is 49.9 Å². The molecule has 3 aromatic heterocycles. The number of rotatable bonds is 15. The Bertz CT molecular complexity index is 957. The molecular weight excluding hydrogens is 512 g/mol. The first-order valence-electron chi connectivity index (χ1n) is 12.0. The van der Waals surface area contributed by atoms with E-state index in [1.807, 2.05) is 22.7 Å². The quantitative estimate of drug-likeness (QED) is 0.166. The monoisotopic (exact) mass is 546 g/mol. The van der Waals surface area contributed by atoms with Crippen LogP contribution in [0.4, 0.5) is 0 Å². The lowest BCUT2D eigenvalue weighted by Crippen LogP contribution is -1.84. The van der Waals surface area contributed by atoms with Crippen LogP contribution in [0.2, 0.25) is 0 Å². The summed E-state index contributed by atoms with van der Waals surface area (Å²) in [5, 5.41) is 2.11. The highest BCUT2D eigenvalue weighted by molar-refractivity contribution is 9.11. The molecule has 0 N–H and O–H groups in total. The van der Waals surface area contributed by atoms with Crippen LogP contribution < -0.4 is 0 Å². The Kier molecular flexibility index (Phi) is 12.1. The van der Waals surface area contributed by atoms with Crippen molar-refractivity contribution in [2.45, 2.75) is 77.6 Å². The summed E-state index contributed by atoms with van der Waals surface area (Å²) < 4.78 is 1.19. The third-order valence-corrected chi connectivity index (χ3v) is 9.45. The van der Waals surface area contributed by atoms with Crippen LogP contribution in [0, 0.1) is 0 Å². The molecule has 0 bridgehead atoms. The van der Waals surface area contributed by atoms with Gasteiger partial charge in [-0.25, -0.2) is 0 Å². The topological polar surface area (TPSA) is 0 Å². The summed E-state index contributed by atoms with van der Waals surface area (Å²) in [6.07, 6.45) is 24.2. The van der Waals surface area contributed by atoms with Gasteiger partial charge in [-0.05, 0) is 88.3 Å². The van der Waals surface area contributed by atoms with Crippen LogP contribution in [0.1, 0.15) is 96.2 Å². The van der Waals surface area contributed by atoms with E-state index >= 15 is 0 Å². The highest BCUT2D eigenvalue weighted by Gasteiger charge is 2.01. The summed E-state index contributed by atoms with van der Waals surface area (Å²) in [6, 6.07) is 11.1. The van der Waals surface area contributed by atoms with Gasteiger partial charge in [-0.3, -0.25) is 0 Å². The molecule has 3 rings (SSSR count). The van der Waals surface area contributed by atoms with E-state index < -0.39 is 0 Å². The first-order chi connectivity index (χ1) is 15.7. The lowest BCUT2D eigenvalue weighted by atomic mass is 10.1. The SMILES string of the molecule is CCCCCCCCCCCCc1ccc(C=Cc2ccc(C=Cc3ccsc3Br)s2)s1. The molecule has 172 valence electrons. The van der Waals surface area contributed by atoms with Gasteiger partial charge >= 0.3 is 0 Å². The fourth-order valence-electron chi connectivity index (χ4n) is 3.71. The zero-order valence-electron chi connectivity index (χ0n) is 19.2. The molecule has 0 saturated carbocycles. The summed E-state index contributed by atoms with van der Waals surface area (Å²) in [5.74, 6) is 0. The fraction of sp³-hybridized carbons (Fsp3) is 0.429. The van der Waals surface area contributed by atoms with E-state index in [1.54, 1.807) is 11.3 Å². The molecule has 0 saturated heterocycles. The van der Waals surface area contributed by atoms with E-state index in [1.165, 1.54) is 99.5 Å². The minimum atomic E-state index is 1.19. The smallest absolute Gasteiger partial charge is 0.0770 e. The largest absolute Gasteiger partial charge is 0.141 e. The van der Waals surface area contributed by atoms with E-state index in [0.29, 0.717) is 0 Å². The fourth-order valence-corrected chi connectivity index (χ4v) is 6.68. The molecule has 0 aromatic carbocycles. The van der Waals surface area contributed by atoms with Gasteiger partial charge in [-0.2, -0.15) is 0 Å². The van der Waals surface area contributed by atoms with Crippen LogP contribution in [0.15, 0.2) is 39.5 Å². The Labute approximate surface area is 215 Å². The molecule has 0 atom stereocenters. The number of hydrogen-bond donors (Lipinski definition) is 0. The highest BCUT2D eigenvalue weighted by atomic mass is 79.9. The summed E-state index contributed by atoms with van der Waals surface area (Å²) in [4.78, 5) is 5.48. The lowest BCUT2D eigenvalue weighted by Gasteiger charge is -2.01. The molecule has 0 unspecified atom stereocenters. The molecule has 0 amide bonds. The van der Waals surface area contributed by atoms with Gasteiger partial charge in [0.1, 0.15) is 0 Å². The lowest BCUT2D eigenvalue weighted by molar-refractivity contribution is 0.557. The molecule has 0 fully saturated rings. The Morgan fingerprint density at radius 3 is 1.84 bits per heavy atom. The second-order valence-electron chi connectivity index (χ2n) is 8.29. The third kappa shape index (κ3) is 9.51. The molecule has 0 aliphatic heterocycles. The number of hydrogen-bond acceptors (Lipinski definition) is 3. The van der Waals surface area contributed by atoms with E-state index in [-0.39, 0.29) is 0 Å². The Hall–Kier alpha value is -0.940. The van der Waals surface area contributed by atoms with Gasteiger partial charge in [0.05, 0.1) is 3.79 Å². The van der Waals surface area contributed by atoms with E-state index in [9.17, 15) is 0 Å². The van der Waals surface area contributed by atoms with Crippen LogP contribution in [0.5, 0.6) is 0 Å². The van der Waals surface area contributed by atoms with Crippen molar-refractivity contribution in [3.05, 3.63) is 64.6 Å². The maximum Gasteiger partial charge on any atom is 0.0770 e. The van der Waals surface area contributed by atoms with Crippen molar-refractivity contribution in [1.82, 2.24) is 0 Å². The highest BCUT2D eigenvalue weighted by Crippen LogP contribution is 2.27. The Morgan fingerprint density at radius 2 is 1.22 bits per heavy atom. The van der Waals surface area contributed by atoms with Gasteiger partial charge in [0.2, 0.25) is 0 Å². The summed E-state index contributed by atoms with van der Waals surface area (Å²) >= 11 is 9.10. The number of thiophene rings is 3. The predicted molar refractivity (Wildman–Crippen MR) is 154 cm³/mol. The van der Waals surface area contributed by atoms with Gasteiger partial charge in [0.25, 0.3) is 0 Å². The Balaban J connectivity index is 1.33. The van der Waals surface area contributed by atoms with Crippen LogP contribution in [-0.4, -0.2) is 0 Å². The third-order valence-electron chi connectivity index (χ3n) is 5.59. The molecule has 0 aliphatic carbocycles.